The van der Waals surface area contributed by atoms with Gasteiger partial charge in [-0.25, -0.2) is 23.4 Å². The van der Waals surface area contributed by atoms with Gasteiger partial charge >= 0.3 is 0 Å². The number of nitro groups is 2. The molecule has 2 heterocycles. The van der Waals surface area contributed by atoms with Crippen molar-refractivity contribution in [1.82, 2.24) is 19.5 Å². The molecule has 0 amide bonds. The van der Waals surface area contributed by atoms with E-state index in [0.717, 1.165) is 12.1 Å². The summed E-state index contributed by atoms with van der Waals surface area (Å²) in [5, 5.41) is 22.5. The number of nitrogens with zero attached hydrogens (tertiary/aromatic N) is 6. The summed E-state index contributed by atoms with van der Waals surface area (Å²) in [7, 11) is -4.37. The van der Waals surface area contributed by atoms with Gasteiger partial charge in [0.15, 0.2) is 0 Å². The fourth-order valence-corrected chi connectivity index (χ4v) is 4.14. The van der Waals surface area contributed by atoms with Crippen LogP contribution in [-0.4, -0.2) is 37.8 Å². The van der Waals surface area contributed by atoms with Crippen LogP contribution in [0.25, 0.3) is 5.82 Å². The summed E-state index contributed by atoms with van der Waals surface area (Å²) in [6.45, 7) is 1.18. The predicted octanol–water partition coefficient (Wildman–Crippen LogP) is 3.38. The van der Waals surface area contributed by atoms with E-state index < -0.39 is 36.1 Å². The Bertz CT molecular complexity index is 1490. The second-order valence-electron chi connectivity index (χ2n) is 7.02. The minimum Gasteiger partial charge on any atom is -0.439 e. The van der Waals surface area contributed by atoms with Crippen molar-refractivity contribution in [1.29, 1.82) is 0 Å². The van der Waals surface area contributed by atoms with E-state index in [2.05, 4.69) is 19.7 Å². The summed E-state index contributed by atoms with van der Waals surface area (Å²) < 4.78 is 35.1. The summed E-state index contributed by atoms with van der Waals surface area (Å²) in [6, 6.07) is 8.84. The lowest BCUT2D eigenvalue weighted by molar-refractivity contribution is -0.395. The standard InChI is InChI=1S/C20H15N7O7S/c1-13-17(26(28)29)8-16(9-18(13)27(30)31)35(32,33)24-14-2-4-15(5-3-14)34-20-10-19(22-11-23-20)25-7-6-21-12-25/h2-12,24H,1H3. The molecule has 0 aliphatic heterocycles. The Morgan fingerprint density at radius 1 is 1.00 bits per heavy atom. The van der Waals surface area contributed by atoms with Crippen LogP contribution in [-0.2, 0) is 10.0 Å². The number of hydrogen-bond acceptors (Lipinski definition) is 10. The molecule has 0 atom stereocenters. The van der Waals surface area contributed by atoms with Gasteiger partial charge in [0.05, 0.1) is 9.85 Å². The second kappa shape index (κ2) is 9.14. The number of rotatable bonds is 8. The fourth-order valence-electron chi connectivity index (χ4n) is 3.04. The molecule has 14 nitrogen and oxygen atoms in total. The Balaban J connectivity index is 1.54. The SMILES string of the molecule is Cc1c([N+](=O)[O-])cc(S(=O)(=O)Nc2ccc(Oc3cc(-n4ccnc4)ncn3)cc2)cc1[N+](=O)[O-]. The molecule has 178 valence electrons. The normalized spacial score (nSPS) is 11.1. The van der Waals surface area contributed by atoms with E-state index in [9.17, 15) is 28.6 Å². The lowest BCUT2D eigenvalue weighted by Crippen LogP contribution is -2.14. The van der Waals surface area contributed by atoms with Crippen LogP contribution in [0.2, 0.25) is 0 Å². The summed E-state index contributed by atoms with van der Waals surface area (Å²) in [6.07, 6.45) is 6.16. The average Bonchev–Trinajstić information content (AvgIpc) is 3.35. The molecule has 0 spiro atoms. The van der Waals surface area contributed by atoms with Gasteiger partial charge in [0.25, 0.3) is 21.4 Å². The molecule has 0 fully saturated rings. The highest BCUT2D eigenvalue weighted by Gasteiger charge is 2.28. The minimum absolute atomic E-state index is 0.102. The molecule has 4 rings (SSSR count). The Morgan fingerprint density at radius 2 is 1.66 bits per heavy atom. The Morgan fingerprint density at radius 3 is 2.23 bits per heavy atom. The highest BCUT2D eigenvalue weighted by atomic mass is 32.2. The third-order valence-corrected chi connectivity index (χ3v) is 6.12. The Hall–Kier alpha value is -4.92. The van der Waals surface area contributed by atoms with Gasteiger partial charge in [-0.1, -0.05) is 0 Å². The monoisotopic (exact) mass is 497 g/mol. The summed E-state index contributed by atoms with van der Waals surface area (Å²) in [5.74, 6) is 1.10. The lowest BCUT2D eigenvalue weighted by Gasteiger charge is -2.10. The quantitative estimate of drug-likeness (QED) is 0.279. The van der Waals surface area contributed by atoms with Gasteiger partial charge < -0.3 is 4.74 Å². The van der Waals surface area contributed by atoms with Gasteiger partial charge in [-0.2, -0.15) is 0 Å². The van der Waals surface area contributed by atoms with Crippen molar-refractivity contribution in [3.05, 3.63) is 93.3 Å². The molecule has 0 radical (unpaired) electrons. The first kappa shape index (κ1) is 23.2. The fraction of sp³-hybridized carbons (Fsp3) is 0.0500. The maximum absolute atomic E-state index is 12.8. The zero-order valence-corrected chi connectivity index (χ0v) is 18.6. The van der Waals surface area contributed by atoms with Crippen LogP contribution in [0.15, 0.2) is 72.4 Å². The van der Waals surface area contributed by atoms with E-state index in [4.69, 9.17) is 4.74 Å². The molecule has 0 unspecified atom stereocenters. The van der Waals surface area contributed by atoms with Crippen molar-refractivity contribution in [3.63, 3.8) is 0 Å². The van der Waals surface area contributed by atoms with Crippen LogP contribution in [0.4, 0.5) is 17.1 Å². The molecule has 0 aliphatic carbocycles. The van der Waals surface area contributed by atoms with Crippen LogP contribution >= 0.6 is 0 Å². The summed E-state index contributed by atoms with van der Waals surface area (Å²) >= 11 is 0. The van der Waals surface area contributed by atoms with E-state index >= 15 is 0 Å². The first-order chi connectivity index (χ1) is 16.6. The van der Waals surface area contributed by atoms with Gasteiger partial charge in [0, 0.05) is 36.3 Å². The maximum Gasteiger partial charge on any atom is 0.280 e. The molecule has 0 saturated heterocycles. The molecule has 2 aromatic carbocycles. The number of aromatic nitrogens is 4. The van der Waals surface area contributed by atoms with Gasteiger partial charge in [0.1, 0.15) is 34.7 Å². The molecule has 0 saturated carbocycles. The van der Waals surface area contributed by atoms with E-state index in [-0.39, 0.29) is 17.1 Å². The largest absolute Gasteiger partial charge is 0.439 e. The number of nitro benzene ring substituents is 2. The molecular formula is C20H15N7O7S. The lowest BCUT2D eigenvalue weighted by atomic mass is 10.1. The third kappa shape index (κ3) is 5.03. The zero-order chi connectivity index (χ0) is 25.2. The van der Waals surface area contributed by atoms with Crippen molar-refractivity contribution in [2.24, 2.45) is 0 Å². The van der Waals surface area contributed by atoms with Gasteiger partial charge in [-0.15, -0.1) is 0 Å². The van der Waals surface area contributed by atoms with Crippen LogP contribution in [0.1, 0.15) is 5.56 Å². The molecular weight excluding hydrogens is 482 g/mol. The first-order valence-corrected chi connectivity index (χ1v) is 11.2. The zero-order valence-electron chi connectivity index (χ0n) is 17.8. The summed E-state index contributed by atoms with van der Waals surface area (Å²) in [4.78, 5) is 32.2. The molecule has 0 bridgehead atoms. The number of hydrogen-bond donors (Lipinski definition) is 1. The highest BCUT2D eigenvalue weighted by Crippen LogP contribution is 2.32. The predicted molar refractivity (Wildman–Crippen MR) is 121 cm³/mol. The molecule has 35 heavy (non-hydrogen) atoms. The number of imidazole rings is 1. The topological polar surface area (TPSA) is 185 Å². The van der Waals surface area contributed by atoms with Gasteiger partial charge in [-0.3, -0.25) is 29.5 Å². The molecule has 1 N–H and O–H groups in total. The minimum atomic E-state index is -4.37. The van der Waals surface area contributed by atoms with Crippen molar-refractivity contribution in [2.75, 3.05) is 4.72 Å². The van der Waals surface area contributed by atoms with Crippen molar-refractivity contribution in [3.8, 4) is 17.4 Å². The highest BCUT2D eigenvalue weighted by molar-refractivity contribution is 7.92. The summed E-state index contributed by atoms with van der Waals surface area (Å²) in [5.41, 5.74) is -1.50. The third-order valence-electron chi connectivity index (χ3n) is 4.76. The number of sulfonamides is 1. The van der Waals surface area contributed by atoms with Crippen molar-refractivity contribution in [2.45, 2.75) is 11.8 Å². The number of nitrogens with one attached hydrogen (secondary N) is 1. The van der Waals surface area contributed by atoms with Crippen molar-refractivity contribution < 1.29 is 23.0 Å². The smallest absolute Gasteiger partial charge is 0.280 e. The number of benzene rings is 2. The van der Waals surface area contributed by atoms with E-state index in [1.165, 1.54) is 37.5 Å². The molecule has 2 aromatic heterocycles. The van der Waals surface area contributed by atoms with Crippen molar-refractivity contribution >= 4 is 27.1 Å². The Labute approximate surface area is 197 Å². The van der Waals surface area contributed by atoms with Crippen LogP contribution in [0, 0.1) is 27.2 Å². The Kier molecular flexibility index (Phi) is 6.07. The average molecular weight is 497 g/mol. The second-order valence-corrected chi connectivity index (χ2v) is 8.70. The first-order valence-electron chi connectivity index (χ1n) is 9.68. The molecule has 0 aliphatic rings. The van der Waals surface area contributed by atoms with Crippen LogP contribution in [0.3, 0.4) is 0 Å². The number of ether oxygens (including phenoxy) is 1. The van der Waals surface area contributed by atoms with Crippen LogP contribution in [0.5, 0.6) is 11.6 Å². The van der Waals surface area contributed by atoms with E-state index in [1.54, 1.807) is 29.4 Å². The maximum atomic E-state index is 12.8. The molecule has 4 aromatic rings. The molecule has 15 heteroatoms. The van der Waals surface area contributed by atoms with Gasteiger partial charge in [-0.05, 0) is 31.2 Å². The van der Waals surface area contributed by atoms with E-state index in [1.807, 2.05) is 0 Å². The van der Waals surface area contributed by atoms with Crippen LogP contribution < -0.4 is 9.46 Å². The number of anilines is 1. The van der Waals surface area contributed by atoms with E-state index in [0.29, 0.717) is 11.6 Å². The van der Waals surface area contributed by atoms with Gasteiger partial charge in [0.2, 0.25) is 5.88 Å².